The normalized spacial score (nSPS) is 25.0. The summed E-state index contributed by atoms with van der Waals surface area (Å²) in [4.78, 5) is 0. The van der Waals surface area contributed by atoms with Gasteiger partial charge in [0.05, 0.1) is 0 Å². The van der Waals surface area contributed by atoms with Gasteiger partial charge in [0, 0.05) is 0 Å². The Labute approximate surface area is 165 Å². The van der Waals surface area contributed by atoms with Crippen molar-refractivity contribution in [3.63, 3.8) is 0 Å². The lowest BCUT2D eigenvalue weighted by Crippen LogP contribution is -2.32. The summed E-state index contributed by atoms with van der Waals surface area (Å²) < 4.78 is 0. The fourth-order valence-corrected chi connectivity index (χ4v) is 5.16. The van der Waals surface area contributed by atoms with Crippen LogP contribution in [-0.4, -0.2) is 0 Å². The SMILES string of the molecule is CC1CC(C)(C(C)(C)C)C2=C1CC=C2.c1ccc2c(c1)Cc1ccccc1-2. The number of hydrogen-bond donors (Lipinski definition) is 0. The molecule has 3 aliphatic rings. The maximum absolute atomic E-state index is 2.45. The van der Waals surface area contributed by atoms with E-state index >= 15 is 0 Å². The molecule has 0 saturated carbocycles. The predicted molar refractivity (Wildman–Crippen MR) is 117 cm³/mol. The van der Waals surface area contributed by atoms with Crippen LogP contribution in [0.2, 0.25) is 0 Å². The number of fused-ring (bicyclic) bond motifs is 3. The average molecular weight is 357 g/mol. The van der Waals surface area contributed by atoms with Gasteiger partial charge in [-0.15, -0.1) is 0 Å². The molecule has 0 saturated heterocycles. The Hall–Kier alpha value is -2.08. The second-order valence-electron chi connectivity index (χ2n) is 9.72. The van der Waals surface area contributed by atoms with Crippen molar-refractivity contribution in [3.8, 4) is 11.1 Å². The van der Waals surface area contributed by atoms with Crippen LogP contribution in [0.1, 0.15) is 58.6 Å². The molecule has 5 rings (SSSR count). The molecule has 27 heavy (non-hydrogen) atoms. The Morgan fingerprint density at radius 3 is 2.00 bits per heavy atom. The highest BCUT2D eigenvalue weighted by atomic mass is 14.5. The van der Waals surface area contributed by atoms with Crippen LogP contribution in [0.3, 0.4) is 0 Å². The van der Waals surface area contributed by atoms with E-state index in [0.717, 1.165) is 12.3 Å². The van der Waals surface area contributed by atoms with Crippen LogP contribution in [0, 0.1) is 16.7 Å². The van der Waals surface area contributed by atoms with Crippen molar-refractivity contribution >= 4 is 0 Å². The third-order valence-corrected chi connectivity index (χ3v) is 7.23. The Balaban J connectivity index is 0.000000134. The lowest BCUT2D eigenvalue weighted by Gasteiger charge is -2.41. The van der Waals surface area contributed by atoms with Crippen molar-refractivity contribution in [2.24, 2.45) is 16.7 Å². The van der Waals surface area contributed by atoms with Crippen molar-refractivity contribution in [3.05, 3.63) is 83.0 Å². The van der Waals surface area contributed by atoms with Crippen LogP contribution < -0.4 is 0 Å². The van der Waals surface area contributed by atoms with Crippen LogP contribution in [0.15, 0.2) is 71.8 Å². The van der Waals surface area contributed by atoms with E-state index < -0.39 is 0 Å². The molecule has 0 aliphatic heterocycles. The largest absolute Gasteiger partial charge is 0.0801 e. The first kappa shape index (κ1) is 18.3. The van der Waals surface area contributed by atoms with Crippen molar-refractivity contribution in [2.45, 2.75) is 53.9 Å². The standard InChI is InChI=1S/C14H22.C13H10/c1-10-9-14(5,13(2,3)4)12-8-6-7-11(10)12;1-3-7-12-10(5-1)9-11-6-2-4-8-13(11)12/h6,8,10H,7,9H2,1-5H3;1-8H,9H2. The summed E-state index contributed by atoms with van der Waals surface area (Å²) in [5, 5.41) is 0. The van der Waals surface area contributed by atoms with Gasteiger partial charge in [0.1, 0.15) is 0 Å². The molecule has 0 heterocycles. The number of benzene rings is 2. The minimum absolute atomic E-state index is 0.382. The molecule has 0 bridgehead atoms. The van der Waals surface area contributed by atoms with Crippen LogP contribution >= 0.6 is 0 Å². The molecule has 140 valence electrons. The summed E-state index contributed by atoms with van der Waals surface area (Å²) in [6.45, 7) is 12.0. The monoisotopic (exact) mass is 356 g/mol. The van der Waals surface area contributed by atoms with Crippen molar-refractivity contribution in [1.29, 1.82) is 0 Å². The third-order valence-electron chi connectivity index (χ3n) is 7.23. The van der Waals surface area contributed by atoms with Gasteiger partial charge >= 0.3 is 0 Å². The molecule has 0 fully saturated rings. The molecule has 0 nitrogen and oxygen atoms in total. The molecule has 2 aromatic carbocycles. The van der Waals surface area contributed by atoms with Gasteiger partial charge in [-0.1, -0.05) is 101 Å². The van der Waals surface area contributed by atoms with Crippen LogP contribution in [-0.2, 0) is 6.42 Å². The van der Waals surface area contributed by atoms with Gasteiger partial charge in [-0.05, 0) is 63.8 Å². The van der Waals surface area contributed by atoms with Gasteiger partial charge in [-0.25, -0.2) is 0 Å². The summed E-state index contributed by atoms with van der Waals surface area (Å²) in [6.07, 6.45) is 8.37. The third kappa shape index (κ3) is 3.00. The summed E-state index contributed by atoms with van der Waals surface area (Å²) >= 11 is 0. The van der Waals surface area contributed by atoms with Gasteiger partial charge in [-0.2, -0.15) is 0 Å². The van der Waals surface area contributed by atoms with E-state index in [-0.39, 0.29) is 0 Å². The van der Waals surface area contributed by atoms with E-state index in [1.165, 1.54) is 35.1 Å². The zero-order chi connectivity index (χ0) is 19.2. The minimum Gasteiger partial charge on any atom is -0.0801 e. The van der Waals surface area contributed by atoms with Gasteiger partial charge in [0.2, 0.25) is 0 Å². The Bertz CT molecular complexity index is 876. The molecular weight excluding hydrogens is 324 g/mol. The number of allylic oxidation sites excluding steroid dienone is 4. The molecule has 0 N–H and O–H groups in total. The number of rotatable bonds is 0. The molecule has 0 spiro atoms. The Kier molecular flexibility index (Phi) is 4.41. The first-order valence-corrected chi connectivity index (χ1v) is 10.4. The lowest BCUT2D eigenvalue weighted by molar-refractivity contribution is 0.147. The summed E-state index contributed by atoms with van der Waals surface area (Å²) in [5.41, 5.74) is 9.89. The smallest absolute Gasteiger partial charge is 0.00135 e. The Morgan fingerprint density at radius 2 is 1.44 bits per heavy atom. The molecule has 2 aromatic rings. The molecule has 0 amide bonds. The fourth-order valence-electron chi connectivity index (χ4n) is 5.16. The van der Waals surface area contributed by atoms with E-state index in [4.69, 9.17) is 0 Å². The average Bonchev–Trinajstić information content (AvgIpc) is 3.31. The number of hydrogen-bond acceptors (Lipinski definition) is 0. The quantitative estimate of drug-likeness (QED) is 0.389. The van der Waals surface area contributed by atoms with Gasteiger partial charge in [-0.3, -0.25) is 0 Å². The molecule has 2 unspecified atom stereocenters. The highest BCUT2D eigenvalue weighted by Crippen LogP contribution is 2.58. The highest BCUT2D eigenvalue weighted by Gasteiger charge is 2.47. The lowest BCUT2D eigenvalue weighted by atomic mass is 9.63. The van der Waals surface area contributed by atoms with E-state index in [9.17, 15) is 0 Å². The predicted octanol–water partition coefficient (Wildman–Crippen LogP) is 7.59. The molecule has 0 radical (unpaired) electrons. The van der Waals surface area contributed by atoms with Crippen molar-refractivity contribution in [1.82, 2.24) is 0 Å². The van der Waals surface area contributed by atoms with Crippen LogP contribution in [0.25, 0.3) is 11.1 Å². The highest BCUT2D eigenvalue weighted by molar-refractivity contribution is 5.76. The van der Waals surface area contributed by atoms with Crippen LogP contribution in [0.4, 0.5) is 0 Å². The fraction of sp³-hybridized carbons (Fsp3) is 0.407. The van der Waals surface area contributed by atoms with Crippen molar-refractivity contribution in [2.75, 3.05) is 0 Å². The minimum atomic E-state index is 0.382. The van der Waals surface area contributed by atoms with Crippen LogP contribution in [0.5, 0.6) is 0 Å². The van der Waals surface area contributed by atoms with Gasteiger partial charge in [0.25, 0.3) is 0 Å². The van der Waals surface area contributed by atoms with Gasteiger partial charge in [0.15, 0.2) is 0 Å². The first-order valence-electron chi connectivity index (χ1n) is 10.4. The Morgan fingerprint density at radius 1 is 0.889 bits per heavy atom. The van der Waals surface area contributed by atoms with E-state index in [2.05, 4.69) is 95.3 Å². The molecule has 0 aromatic heterocycles. The molecule has 3 aliphatic carbocycles. The molecule has 2 atom stereocenters. The maximum atomic E-state index is 2.45. The molecular formula is C27H32. The van der Waals surface area contributed by atoms with E-state index in [1.807, 2.05) is 0 Å². The summed E-state index contributed by atoms with van der Waals surface area (Å²) in [5.74, 6) is 0.796. The summed E-state index contributed by atoms with van der Waals surface area (Å²) in [7, 11) is 0. The summed E-state index contributed by atoms with van der Waals surface area (Å²) in [6, 6.07) is 17.3. The van der Waals surface area contributed by atoms with Gasteiger partial charge < -0.3 is 0 Å². The first-order chi connectivity index (χ1) is 12.8. The zero-order valence-corrected chi connectivity index (χ0v) is 17.5. The van der Waals surface area contributed by atoms with Crippen molar-refractivity contribution < 1.29 is 0 Å². The van der Waals surface area contributed by atoms with E-state index in [0.29, 0.717) is 10.8 Å². The molecule has 0 heteroatoms. The van der Waals surface area contributed by atoms with E-state index in [1.54, 1.807) is 11.1 Å². The zero-order valence-electron chi connectivity index (χ0n) is 17.5. The second kappa shape index (κ2) is 6.51. The maximum Gasteiger partial charge on any atom is -0.00135 e. The topological polar surface area (TPSA) is 0 Å². The second-order valence-corrected chi connectivity index (χ2v) is 9.72.